The molecule has 0 spiro atoms. The Kier molecular flexibility index (Phi) is 6.38. The van der Waals surface area contributed by atoms with Crippen LogP contribution in [0.1, 0.15) is 28.3 Å². The van der Waals surface area contributed by atoms with Crippen LogP contribution in [0.2, 0.25) is 0 Å². The van der Waals surface area contributed by atoms with Gasteiger partial charge >= 0.3 is 0 Å². The van der Waals surface area contributed by atoms with Crippen LogP contribution >= 0.6 is 0 Å². The molecular formula is C26H24FN3O5. The fourth-order valence-corrected chi connectivity index (χ4v) is 4.31. The number of rotatable bonds is 6. The minimum absolute atomic E-state index is 0.0251. The maximum Gasteiger partial charge on any atom is 0.259 e. The van der Waals surface area contributed by atoms with Crippen LogP contribution < -0.4 is 30.2 Å². The van der Waals surface area contributed by atoms with Gasteiger partial charge in [-0.2, -0.15) is 5.26 Å². The summed E-state index contributed by atoms with van der Waals surface area (Å²) in [7, 11) is 4.52. The molecule has 0 saturated carbocycles. The first kappa shape index (κ1) is 23.7. The molecule has 2 heterocycles. The predicted molar refractivity (Wildman–Crippen MR) is 126 cm³/mol. The molecule has 0 fully saturated rings. The third kappa shape index (κ3) is 4.04. The van der Waals surface area contributed by atoms with Gasteiger partial charge in [-0.1, -0.05) is 18.2 Å². The lowest BCUT2D eigenvalue weighted by atomic mass is 9.83. The van der Waals surface area contributed by atoms with E-state index in [1.807, 2.05) is 6.07 Å². The van der Waals surface area contributed by atoms with Gasteiger partial charge in [0.1, 0.15) is 23.2 Å². The molecule has 180 valence electrons. The number of allylic oxidation sites excluding steroid dienone is 1. The molecule has 0 saturated heterocycles. The van der Waals surface area contributed by atoms with E-state index in [4.69, 9.17) is 24.7 Å². The van der Waals surface area contributed by atoms with E-state index in [-0.39, 0.29) is 34.9 Å². The van der Waals surface area contributed by atoms with Crippen LogP contribution in [0, 0.1) is 24.1 Å². The molecule has 35 heavy (non-hydrogen) atoms. The highest BCUT2D eigenvalue weighted by molar-refractivity contribution is 5.56. The Bertz CT molecular complexity index is 1410. The van der Waals surface area contributed by atoms with E-state index in [1.165, 1.54) is 44.1 Å². The summed E-state index contributed by atoms with van der Waals surface area (Å²) in [5, 5.41) is 9.79. The van der Waals surface area contributed by atoms with Crippen molar-refractivity contribution >= 4 is 0 Å². The SMILES string of the molecule is COc1cc(Cn2c(C)cc3c(c2=O)[C@H](c2ccccc2F)C(C#N)=C(N)O3)cc(OC)c1OC. The van der Waals surface area contributed by atoms with Gasteiger partial charge in [0.2, 0.25) is 11.6 Å². The van der Waals surface area contributed by atoms with Crippen molar-refractivity contribution in [3.63, 3.8) is 0 Å². The molecule has 0 unspecified atom stereocenters. The standard InChI is InChI=1S/C26H24FN3O5/c1-14-9-19-23(22(17(12-28)25(29)35-19)16-7-5-6-8-18(16)27)26(31)30(14)13-15-10-20(32-2)24(34-4)21(11-15)33-3/h5-11,22H,13,29H2,1-4H3/t22-/m1/s1. The predicted octanol–water partition coefficient (Wildman–Crippen LogP) is 3.59. The van der Waals surface area contributed by atoms with E-state index < -0.39 is 17.3 Å². The molecule has 2 N–H and O–H groups in total. The molecule has 0 radical (unpaired) electrons. The van der Waals surface area contributed by atoms with Crippen LogP contribution in [0.15, 0.2) is 58.7 Å². The smallest absolute Gasteiger partial charge is 0.259 e. The Balaban J connectivity index is 1.91. The zero-order chi connectivity index (χ0) is 25.3. The first-order valence-electron chi connectivity index (χ1n) is 10.7. The molecule has 2 aromatic carbocycles. The molecule has 0 aliphatic carbocycles. The van der Waals surface area contributed by atoms with Gasteiger partial charge in [-0.05, 0) is 30.7 Å². The van der Waals surface area contributed by atoms with E-state index in [2.05, 4.69) is 0 Å². The number of nitriles is 1. The molecule has 8 nitrogen and oxygen atoms in total. The number of aryl methyl sites for hydroxylation is 1. The summed E-state index contributed by atoms with van der Waals surface area (Å²) < 4.78 is 38.2. The number of nitrogens with zero attached hydrogens (tertiary/aromatic N) is 2. The van der Waals surface area contributed by atoms with Crippen LogP contribution in [0.4, 0.5) is 4.39 Å². The fourth-order valence-electron chi connectivity index (χ4n) is 4.31. The van der Waals surface area contributed by atoms with E-state index in [0.717, 1.165) is 0 Å². The molecule has 4 rings (SSSR count). The third-order valence-corrected chi connectivity index (χ3v) is 5.97. The molecular weight excluding hydrogens is 453 g/mol. The van der Waals surface area contributed by atoms with Crippen molar-refractivity contribution in [3.05, 3.63) is 92.5 Å². The van der Waals surface area contributed by atoms with Crippen LogP contribution in [0.5, 0.6) is 23.0 Å². The lowest BCUT2D eigenvalue weighted by molar-refractivity contribution is 0.323. The van der Waals surface area contributed by atoms with Gasteiger partial charge in [-0.3, -0.25) is 4.79 Å². The van der Waals surface area contributed by atoms with Gasteiger partial charge in [0.25, 0.3) is 5.56 Å². The Hall–Kier alpha value is -4.45. The second kappa shape index (κ2) is 9.43. The highest BCUT2D eigenvalue weighted by Crippen LogP contribution is 2.42. The van der Waals surface area contributed by atoms with Crippen molar-refractivity contribution in [1.29, 1.82) is 5.26 Å². The van der Waals surface area contributed by atoms with Gasteiger partial charge in [0.15, 0.2) is 11.5 Å². The topological polar surface area (TPSA) is 109 Å². The van der Waals surface area contributed by atoms with Crippen molar-refractivity contribution < 1.29 is 23.3 Å². The van der Waals surface area contributed by atoms with Crippen molar-refractivity contribution in [2.45, 2.75) is 19.4 Å². The normalized spacial score (nSPS) is 14.6. The molecule has 1 atom stereocenters. The molecule has 0 bridgehead atoms. The molecule has 1 aliphatic rings. The zero-order valence-electron chi connectivity index (χ0n) is 19.7. The van der Waals surface area contributed by atoms with E-state index in [9.17, 15) is 14.4 Å². The maximum atomic E-state index is 14.8. The summed E-state index contributed by atoms with van der Waals surface area (Å²) >= 11 is 0. The first-order chi connectivity index (χ1) is 16.8. The monoisotopic (exact) mass is 477 g/mol. The summed E-state index contributed by atoms with van der Waals surface area (Å²) in [4.78, 5) is 13.8. The van der Waals surface area contributed by atoms with Crippen molar-refractivity contribution in [2.24, 2.45) is 5.73 Å². The number of methoxy groups -OCH3 is 3. The summed E-state index contributed by atoms with van der Waals surface area (Å²) in [5.74, 6) is -0.208. The van der Waals surface area contributed by atoms with Crippen molar-refractivity contribution in [2.75, 3.05) is 21.3 Å². The number of benzene rings is 2. The van der Waals surface area contributed by atoms with Crippen molar-refractivity contribution in [1.82, 2.24) is 4.57 Å². The van der Waals surface area contributed by atoms with Crippen LogP contribution in [-0.2, 0) is 6.54 Å². The lowest BCUT2D eigenvalue weighted by Crippen LogP contribution is -2.33. The highest BCUT2D eigenvalue weighted by Gasteiger charge is 2.35. The fraction of sp³-hybridized carbons (Fsp3) is 0.231. The maximum absolute atomic E-state index is 14.8. The van der Waals surface area contributed by atoms with Crippen LogP contribution in [-0.4, -0.2) is 25.9 Å². The Labute approximate surface area is 201 Å². The van der Waals surface area contributed by atoms with E-state index in [0.29, 0.717) is 28.5 Å². The summed E-state index contributed by atoms with van der Waals surface area (Å²) in [6, 6.07) is 13.1. The van der Waals surface area contributed by atoms with E-state index >= 15 is 0 Å². The molecule has 0 amide bonds. The van der Waals surface area contributed by atoms with Gasteiger partial charge in [0, 0.05) is 17.3 Å². The number of halogens is 1. The number of pyridine rings is 1. The van der Waals surface area contributed by atoms with Crippen LogP contribution in [0.25, 0.3) is 0 Å². The number of hydrogen-bond acceptors (Lipinski definition) is 7. The van der Waals surface area contributed by atoms with Gasteiger partial charge in [-0.15, -0.1) is 0 Å². The summed E-state index contributed by atoms with van der Waals surface area (Å²) in [6.45, 7) is 1.90. The third-order valence-electron chi connectivity index (χ3n) is 5.97. The lowest BCUT2D eigenvalue weighted by Gasteiger charge is -2.27. The zero-order valence-corrected chi connectivity index (χ0v) is 19.7. The average molecular weight is 477 g/mol. The Morgan fingerprint density at radius 2 is 1.77 bits per heavy atom. The summed E-state index contributed by atoms with van der Waals surface area (Å²) in [6.07, 6.45) is 0. The Morgan fingerprint density at radius 3 is 2.34 bits per heavy atom. The largest absolute Gasteiger partial charge is 0.493 e. The molecule has 9 heteroatoms. The molecule has 1 aliphatic heterocycles. The van der Waals surface area contributed by atoms with Gasteiger partial charge < -0.3 is 29.2 Å². The number of aromatic nitrogens is 1. The number of fused-ring (bicyclic) bond motifs is 1. The second-order valence-electron chi connectivity index (χ2n) is 7.93. The van der Waals surface area contributed by atoms with Crippen molar-refractivity contribution in [3.8, 4) is 29.1 Å². The molecule has 3 aromatic rings. The minimum atomic E-state index is -1.01. The van der Waals surface area contributed by atoms with E-state index in [1.54, 1.807) is 31.2 Å². The number of nitrogens with two attached hydrogens (primary N) is 1. The Morgan fingerprint density at radius 1 is 1.11 bits per heavy atom. The summed E-state index contributed by atoms with van der Waals surface area (Å²) in [5.41, 5.74) is 7.14. The molecule has 1 aromatic heterocycles. The quantitative estimate of drug-likeness (QED) is 0.578. The van der Waals surface area contributed by atoms with Gasteiger partial charge in [0.05, 0.1) is 39.4 Å². The highest BCUT2D eigenvalue weighted by atomic mass is 19.1. The second-order valence-corrected chi connectivity index (χ2v) is 7.93. The van der Waals surface area contributed by atoms with Gasteiger partial charge in [-0.25, -0.2) is 4.39 Å². The minimum Gasteiger partial charge on any atom is -0.493 e. The number of ether oxygens (including phenoxy) is 4. The van der Waals surface area contributed by atoms with Crippen LogP contribution in [0.3, 0.4) is 0 Å². The first-order valence-corrected chi connectivity index (χ1v) is 10.7. The number of hydrogen-bond donors (Lipinski definition) is 1. The average Bonchev–Trinajstić information content (AvgIpc) is 2.85.